The van der Waals surface area contributed by atoms with E-state index < -0.39 is 15.8 Å². The zero-order chi connectivity index (χ0) is 24.0. The first-order valence-electron chi connectivity index (χ1n) is 10.4. The van der Waals surface area contributed by atoms with Gasteiger partial charge in [-0.1, -0.05) is 29.0 Å². The number of anilines is 1. The highest BCUT2D eigenvalue weighted by molar-refractivity contribution is 7.91. The quantitative estimate of drug-likeness (QED) is 0.397. The Morgan fingerprint density at radius 1 is 1.21 bits per heavy atom. The van der Waals surface area contributed by atoms with E-state index in [1.807, 2.05) is 0 Å². The standard InChI is InChI=1S/C21H19ClFN5O3S3/c1-12-11-17(28(26-12)21-25-19-14(23)3-2-4-15(19)32-21)24-20(29)13-7-9-27(10-8-13)34(30,31)18-6-5-16(22)33-18/h2-6,11,13H,7-10H2,1H3,(H,24,29). The lowest BCUT2D eigenvalue weighted by molar-refractivity contribution is -0.120. The van der Waals surface area contributed by atoms with Gasteiger partial charge in [-0.2, -0.15) is 14.1 Å². The number of aryl methyl sites for hydroxylation is 1. The largest absolute Gasteiger partial charge is 0.310 e. The minimum Gasteiger partial charge on any atom is -0.310 e. The summed E-state index contributed by atoms with van der Waals surface area (Å²) in [5.41, 5.74) is 0.930. The Balaban J connectivity index is 1.30. The molecule has 1 amide bonds. The third-order valence-corrected chi connectivity index (χ3v) is 10.2. The lowest BCUT2D eigenvalue weighted by Crippen LogP contribution is -2.41. The lowest BCUT2D eigenvalue weighted by Gasteiger charge is -2.30. The summed E-state index contributed by atoms with van der Waals surface area (Å²) in [4.78, 5) is 17.4. The Morgan fingerprint density at radius 2 is 1.97 bits per heavy atom. The fraction of sp³-hybridized carbons (Fsp3) is 0.286. The molecule has 3 aromatic heterocycles. The molecule has 1 saturated heterocycles. The number of nitrogens with zero attached hydrogens (tertiary/aromatic N) is 4. The molecule has 1 aromatic carbocycles. The van der Waals surface area contributed by atoms with Crippen molar-refractivity contribution in [3.8, 4) is 5.13 Å². The minimum atomic E-state index is -3.62. The van der Waals surface area contributed by atoms with Crippen LogP contribution in [-0.4, -0.2) is 46.5 Å². The summed E-state index contributed by atoms with van der Waals surface area (Å²) in [6.45, 7) is 2.27. The van der Waals surface area contributed by atoms with Crippen LogP contribution in [0.25, 0.3) is 15.3 Å². The van der Waals surface area contributed by atoms with Crippen molar-refractivity contribution in [2.45, 2.75) is 24.0 Å². The second-order valence-corrected chi connectivity index (χ2v) is 12.8. The van der Waals surface area contributed by atoms with Gasteiger partial charge in [0, 0.05) is 25.1 Å². The lowest BCUT2D eigenvalue weighted by atomic mass is 9.97. The van der Waals surface area contributed by atoms with Crippen LogP contribution in [0.5, 0.6) is 0 Å². The monoisotopic (exact) mass is 539 g/mol. The maximum Gasteiger partial charge on any atom is 0.252 e. The molecule has 0 saturated carbocycles. The topological polar surface area (TPSA) is 97.2 Å². The number of rotatable bonds is 5. The number of amides is 1. The number of hydrogen-bond donors (Lipinski definition) is 1. The number of nitrogens with one attached hydrogen (secondary N) is 1. The number of sulfonamides is 1. The number of carbonyl (C=O) groups excluding carboxylic acids is 1. The predicted molar refractivity (Wildman–Crippen MR) is 131 cm³/mol. The van der Waals surface area contributed by atoms with E-state index in [-0.39, 0.29) is 34.6 Å². The molecule has 8 nitrogen and oxygen atoms in total. The molecule has 1 aliphatic rings. The number of para-hydroxylation sites is 1. The average molecular weight is 540 g/mol. The molecule has 0 unspecified atom stereocenters. The maximum absolute atomic E-state index is 14.1. The number of hydrogen-bond acceptors (Lipinski definition) is 7. The highest BCUT2D eigenvalue weighted by atomic mass is 35.5. The van der Waals surface area contributed by atoms with Crippen molar-refractivity contribution < 1.29 is 17.6 Å². The van der Waals surface area contributed by atoms with Gasteiger partial charge in [-0.25, -0.2) is 17.8 Å². The van der Waals surface area contributed by atoms with E-state index in [1.165, 1.54) is 32.5 Å². The van der Waals surface area contributed by atoms with E-state index in [4.69, 9.17) is 11.6 Å². The summed E-state index contributed by atoms with van der Waals surface area (Å²) in [6, 6.07) is 9.53. The van der Waals surface area contributed by atoms with Crippen LogP contribution >= 0.6 is 34.3 Å². The summed E-state index contributed by atoms with van der Waals surface area (Å²) < 4.78 is 43.9. The van der Waals surface area contributed by atoms with Crippen LogP contribution in [0.1, 0.15) is 18.5 Å². The smallest absolute Gasteiger partial charge is 0.252 e. The number of thiazole rings is 1. The van der Waals surface area contributed by atoms with E-state index in [9.17, 15) is 17.6 Å². The Morgan fingerprint density at radius 3 is 2.65 bits per heavy atom. The number of aromatic nitrogens is 3. The SMILES string of the molecule is Cc1cc(NC(=O)C2CCN(S(=O)(=O)c3ccc(Cl)s3)CC2)n(-c2nc3c(F)cccc3s2)n1. The van der Waals surface area contributed by atoms with Gasteiger partial charge < -0.3 is 5.32 Å². The molecule has 0 atom stereocenters. The van der Waals surface area contributed by atoms with E-state index in [0.717, 1.165) is 11.3 Å². The molecule has 0 radical (unpaired) electrons. The van der Waals surface area contributed by atoms with Crippen LogP contribution < -0.4 is 5.32 Å². The van der Waals surface area contributed by atoms with Crippen molar-refractivity contribution in [3.63, 3.8) is 0 Å². The zero-order valence-corrected chi connectivity index (χ0v) is 21.1. The van der Waals surface area contributed by atoms with E-state index >= 15 is 0 Å². The van der Waals surface area contributed by atoms with Crippen LogP contribution in [0.2, 0.25) is 4.34 Å². The van der Waals surface area contributed by atoms with Gasteiger partial charge in [0.2, 0.25) is 11.0 Å². The molecule has 4 aromatic rings. The zero-order valence-electron chi connectivity index (χ0n) is 17.9. The number of halogens is 2. The van der Waals surface area contributed by atoms with Crippen molar-refractivity contribution in [3.05, 3.63) is 52.2 Å². The molecule has 34 heavy (non-hydrogen) atoms. The summed E-state index contributed by atoms with van der Waals surface area (Å²) in [5.74, 6) is -0.550. The molecular formula is C21H19ClFN5O3S3. The van der Waals surface area contributed by atoms with Crippen molar-refractivity contribution in [2.75, 3.05) is 18.4 Å². The molecule has 0 spiro atoms. The second kappa shape index (κ2) is 9.00. The van der Waals surface area contributed by atoms with Crippen LogP contribution in [-0.2, 0) is 14.8 Å². The van der Waals surface area contributed by atoms with Crippen molar-refractivity contribution in [1.82, 2.24) is 19.1 Å². The summed E-state index contributed by atoms with van der Waals surface area (Å²) in [7, 11) is -3.62. The molecule has 0 bridgehead atoms. The summed E-state index contributed by atoms with van der Waals surface area (Å²) >= 11 is 8.18. The van der Waals surface area contributed by atoms with E-state index in [0.29, 0.717) is 38.5 Å². The van der Waals surface area contributed by atoms with Crippen LogP contribution in [0, 0.1) is 18.7 Å². The second-order valence-electron chi connectivity index (χ2n) is 7.89. The number of piperidine rings is 1. The van der Waals surface area contributed by atoms with Gasteiger partial charge in [-0.15, -0.1) is 11.3 Å². The van der Waals surface area contributed by atoms with Gasteiger partial charge in [0.15, 0.2) is 0 Å². The third kappa shape index (κ3) is 4.36. The number of thiophene rings is 1. The normalized spacial score (nSPS) is 15.7. The molecule has 1 N–H and O–H groups in total. The molecular weight excluding hydrogens is 521 g/mol. The molecule has 1 fully saturated rings. The first-order chi connectivity index (χ1) is 16.2. The number of benzene rings is 1. The van der Waals surface area contributed by atoms with Gasteiger partial charge in [0.25, 0.3) is 10.0 Å². The maximum atomic E-state index is 14.1. The van der Waals surface area contributed by atoms with Gasteiger partial charge in [0.05, 0.1) is 14.7 Å². The molecule has 13 heteroatoms. The fourth-order valence-corrected chi connectivity index (χ4v) is 7.93. The Hall–Kier alpha value is -2.38. The van der Waals surface area contributed by atoms with Gasteiger partial charge in [-0.05, 0) is 44.0 Å². The number of fused-ring (bicyclic) bond motifs is 1. The Labute approximate surface area is 208 Å². The van der Waals surface area contributed by atoms with Crippen molar-refractivity contribution >= 4 is 66.2 Å². The van der Waals surface area contributed by atoms with E-state index in [1.54, 1.807) is 31.2 Å². The predicted octanol–water partition coefficient (Wildman–Crippen LogP) is 4.68. The highest BCUT2D eigenvalue weighted by Gasteiger charge is 2.33. The Bertz CT molecular complexity index is 1490. The average Bonchev–Trinajstić information content (AvgIpc) is 3.52. The van der Waals surface area contributed by atoms with Crippen LogP contribution in [0.15, 0.2) is 40.6 Å². The minimum absolute atomic E-state index is 0.201. The third-order valence-electron chi connectivity index (χ3n) is 5.59. The number of carbonyl (C=O) groups is 1. The molecule has 5 rings (SSSR count). The fourth-order valence-electron chi connectivity index (χ4n) is 3.88. The molecule has 0 aliphatic carbocycles. The van der Waals surface area contributed by atoms with Gasteiger partial charge >= 0.3 is 0 Å². The molecule has 4 heterocycles. The van der Waals surface area contributed by atoms with Gasteiger partial charge in [0.1, 0.15) is 21.4 Å². The molecule has 178 valence electrons. The van der Waals surface area contributed by atoms with Crippen LogP contribution in [0.3, 0.4) is 0 Å². The van der Waals surface area contributed by atoms with Crippen LogP contribution in [0.4, 0.5) is 10.2 Å². The summed E-state index contributed by atoms with van der Waals surface area (Å²) in [5, 5.41) is 7.76. The summed E-state index contributed by atoms with van der Waals surface area (Å²) in [6.07, 6.45) is 0.785. The first-order valence-corrected chi connectivity index (χ1v) is 13.9. The van der Waals surface area contributed by atoms with Crippen molar-refractivity contribution in [1.29, 1.82) is 0 Å². The Kier molecular flexibility index (Phi) is 6.19. The first kappa shape index (κ1) is 23.4. The molecule has 1 aliphatic heterocycles. The van der Waals surface area contributed by atoms with E-state index in [2.05, 4.69) is 15.4 Å². The van der Waals surface area contributed by atoms with Crippen molar-refractivity contribution in [2.24, 2.45) is 5.92 Å². The van der Waals surface area contributed by atoms with Gasteiger partial charge in [-0.3, -0.25) is 4.79 Å². The highest BCUT2D eigenvalue weighted by Crippen LogP contribution is 2.32.